The highest BCUT2D eigenvalue weighted by Crippen LogP contribution is 2.50. The summed E-state index contributed by atoms with van der Waals surface area (Å²) >= 11 is 0. The molecule has 0 aliphatic carbocycles. The second-order valence-corrected chi connectivity index (χ2v) is 7.94. The smallest absolute Gasteiger partial charge is 0.379 e. The van der Waals surface area contributed by atoms with Crippen molar-refractivity contribution in [2.45, 2.75) is 13.8 Å². The van der Waals surface area contributed by atoms with E-state index in [2.05, 4.69) is 12.1 Å². The summed E-state index contributed by atoms with van der Waals surface area (Å²) in [6, 6.07) is 19.2. The molecule has 25 heavy (non-hydrogen) atoms. The maximum Gasteiger partial charge on any atom is 0.379 e. The van der Waals surface area contributed by atoms with Crippen LogP contribution >= 0.6 is 7.60 Å². The molecule has 3 aromatic carbocycles. The predicted molar refractivity (Wildman–Crippen MR) is 101 cm³/mol. The van der Waals surface area contributed by atoms with Gasteiger partial charge in [0.2, 0.25) is 0 Å². The monoisotopic (exact) mass is 356 g/mol. The Kier molecular flexibility index (Phi) is 5.12. The summed E-state index contributed by atoms with van der Waals surface area (Å²) in [5.41, 5.74) is 1.88. The molecule has 130 valence electrons. The van der Waals surface area contributed by atoms with Crippen molar-refractivity contribution < 1.29 is 18.7 Å². The van der Waals surface area contributed by atoms with Gasteiger partial charge in [-0.05, 0) is 41.0 Å². The maximum absolute atomic E-state index is 12.5. The zero-order valence-electron chi connectivity index (χ0n) is 14.3. The minimum absolute atomic E-state index is 0.0567. The van der Waals surface area contributed by atoms with Gasteiger partial charge in [0.1, 0.15) is 0 Å². The van der Waals surface area contributed by atoms with Crippen LogP contribution in [-0.4, -0.2) is 17.9 Å². The fourth-order valence-electron chi connectivity index (χ4n) is 2.77. The molecule has 0 aliphatic rings. The summed E-state index contributed by atoms with van der Waals surface area (Å²) in [6.45, 7) is 3.78. The maximum atomic E-state index is 12.5. The molecule has 1 atom stereocenters. The quantitative estimate of drug-likeness (QED) is 0.564. The van der Waals surface area contributed by atoms with Gasteiger partial charge in [-0.25, -0.2) is 4.57 Å². The lowest BCUT2D eigenvalue weighted by atomic mass is 9.98. The number of fused-ring (bicyclic) bond motifs is 1. The SMILES string of the molecule is CCOP(=O)(CC)Oc1ccc(-c2cccc3ccccc23)cc1O. The van der Waals surface area contributed by atoms with Crippen LogP contribution in [0.2, 0.25) is 0 Å². The van der Waals surface area contributed by atoms with E-state index in [0.717, 1.165) is 21.9 Å². The van der Waals surface area contributed by atoms with Crippen LogP contribution in [0.5, 0.6) is 11.5 Å². The van der Waals surface area contributed by atoms with Crippen LogP contribution in [0.4, 0.5) is 0 Å². The second-order valence-electron chi connectivity index (χ2n) is 5.65. The van der Waals surface area contributed by atoms with Gasteiger partial charge in [0, 0.05) is 0 Å². The van der Waals surface area contributed by atoms with Gasteiger partial charge in [0.25, 0.3) is 0 Å². The third-order valence-electron chi connectivity index (χ3n) is 4.01. The van der Waals surface area contributed by atoms with Crippen LogP contribution in [0.3, 0.4) is 0 Å². The molecule has 0 aromatic heterocycles. The van der Waals surface area contributed by atoms with E-state index in [1.165, 1.54) is 0 Å². The molecule has 0 heterocycles. The fraction of sp³-hybridized carbons (Fsp3) is 0.200. The highest BCUT2D eigenvalue weighted by molar-refractivity contribution is 7.54. The van der Waals surface area contributed by atoms with Crippen molar-refractivity contribution in [1.82, 2.24) is 0 Å². The predicted octanol–water partition coefficient (Wildman–Crippen LogP) is 5.84. The van der Waals surface area contributed by atoms with Gasteiger partial charge in [-0.2, -0.15) is 0 Å². The Hall–Kier alpha value is -2.29. The highest BCUT2D eigenvalue weighted by atomic mass is 31.2. The first-order chi connectivity index (χ1) is 12.1. The molecule has 0 fully saturated rings. The molecule has 0 amide bonds. The molecule has 0 bridgehead atoms. The number of aromatic hydroxyl groups is 1. The molecule has 1 unspecified atom stereocenters. The molecular formula is C20H21O4P. The van der Waals surface area contributed by atoms with Crippen molar-refractivity contribution >= 4 is 18.4 Å². The lowest BCUT2D eigenvalue weighted by molar-refractivity contribution is 0.277. The van der Waals surface area contributed by atoms with Crippen molar-refractivity contribution in [2.24, 2.45) is 0 Å². The van der Waals surface area contributed by atoms with Crippen LogP contribution in [0, 0.1) is 0 Å². The third-order valence-corrected chi connectivity index (χ3v) is 5.91. The zero-order valence-corrected chi connectivity index (χ0v) is 15.2. The molecular weight excluding hydrogens is 335 g/mol. The summed E-state index contributed by atoms with van der Waals surface area (Å²) in [5, 5.41) is 12.6. The van der Waals surface area contributed by atoms with Gasteiger partial charge in [-0.15, -0.1) is 0 Å². The normalized spacial score (nSPS) is 13.5. The van der Waals surface area contributed by atoms with E-state index >= 15 is 0 Å². The van der Waals surface area contributed by atoms with Crippen LogP contribution in [-0.2, 0) is 9.09 Å². The summed E-state index contributed by atoms with van der Waals surface area (Å²) in [4.78, 5) is 0. The van der Waals surface area contributed by atoms with Gasteiger partial charge < -0.3 is 14.2 Å². The first-order valence-electron chi connectivity index (χ1n) is 8.30. The first kappa shape index (κ1) is 17.5. The average Bonchev–Trinajstić information content (AvgIpc) is 2.63. The summed E-state index contributed by atoms with van der Waals surface area (Å²) < 4.78 is 23.2. The van der Waals surface area contributed by atoms with Crippen molar-refractivity contribution in [3.05, 3.63) is 60.7 Å². The molecule has 0 spiro atoms. The number of rotatable bonds is 6. The van der Waals surface area contributed by atoms with Crippen LogP contribution in [0.25, 0.3) is 21.9 Å². The minimum Gasteiger partial charge on any atom is -0.504 e. The van der Waals surface area contributed by atoms with Gasteiger partial charge in [-0.3, -0.25) is 0 Å². The molecule has 5 heteroatoms. The standard InChI is InChI=1S/C20H21O4P/c1-3-23-25(22,4-2)24-20-13-12-16(14-19(20)21)18-11-7-9-15-8-5-6-10-17(15)18/h5-14,21H,3-4H2,1-2H3. The van der Waals surface area contributed by atoms with Gasteiger partial charge in [0.15, 0.2) is 11.5 Å². The Labute approximate surface area is 147 Å². The van der Waals surface area contributed by atoms with Crippen LogP contribution in [0.15, 0.2) is 60.7 Å². The average molecular weight is 356 g/mol. The summed E-state index contributed by atoms with van der Waals surface area (Å²) in [6.07, 6.45) is 0.241. The number of phenolic OH excluding ortho intramolecular Hbond substituents is 1. The summed E-state index contributed by atoms with van der Waals surface area (Å²) in [5.74, 6) is 0.112. The topological polar surface area (TPSA) is 55.8 Å². The van der Waals surface area contributed by atoms with Crippen molar-refractivity contribution in [2.75, 3.05) is 12.8 Å². The Balaban J connectivity index is 1.98. The number of benzene rings is 3. The van der Waals surface area contributed by atoms with E-state index in [0.29, 0.717) is 6.61 Å². The molecule has 0 saturated carbocycles. The van der Waals surface area contributed by atoms with Crippen LogP contribution < -0.4 is 4.52 Å². The van der Waals surface area contributed by atoms with E-state index in [4.69, 9.17) is 9.05 Å². The lowest BCUT2D eigenvalue weighted by Gasteiger charge is -2.18. The van der Waals surface area contributed by atoms with Gasteiger partial charge >= 0.3 is 7.60 Å². The number of hydrogen-bond donors (Lipinski definition) is 1. The van der Waals surface area contributed by atoms with E-state index in [1.807, 2.05) is 36.4 Å². The molecule has 3 rings (SSSR count). The van der Waals surface area contributed by atoms with Crippen molar-refractivity contribution in [1.29, 1.82) is 0 Å². The van der Waals surface area contributed by atoms with Crippen LogP contribution in [0.1, 0.15) is 13.8 Å². The molecule has 0 radical (unpaired) electrons. The summed E-state index contributed by atoms with van der Waals surface area (Å²) in [7, 11) is -3.24. The Bertz CT molecular complexity index is 931. The van der Waals surface area contributed by atoms with Gasteiger partial charge in [-0.1, -0.05) is 55.5 Å². The Morgan fingerprint density at radius 3 is 2.48 bits per heavy atom. The van der Waals surface area contributed by atoms with Gasteiger partial charge in [0.05, 0.1) is 12.8 Å². The van der Waals surface area contributed by atoms with E-state index < -0.39 is 7.60 Å². The lowest BCUT2D eigenvalue weighted by Crippen LogP contribution is -2.00. The molecule has 4 nitrogen and oxygen atoms in total. The number of phenols is 1. The molecule has 0 aliphatic heterocycles. The Morgan fingerprint density at radius 1 is 1.00 bits per heavy atom. The van der Waals surface area contributed by atoms with E-state index in [1.54, 1.807) is 26.0 Å². The van der Waals surface area contributed by atoms with Crippen molar-refractivity contribution in [3.63, 3.8) is 0 Å². The minimum atomic E-state index is -3.24. The molecule has 0 saturated heterocycles. The molecule has 1 N–H and O–H groups in total. The van der Waals surface area contributed by atoms with E-state index in [-0.39, 0.29) is 17.7 Å². The Morgan fingerprint density at radius 2 is 1.76 bits per heavy atom. The third kappa shape index (κ3) is 3.71. The first-order valence-corrected chi connectivity index (χ1v) is 10.0. The largest absolute Gasteiger partial charge is 0.504 e. The van der Waals surface area contributed by atoms with Crippen molar-refractivity contribution in [3.8, 4) is 22.6 Å². The van der Waals surface area contributed by atoms with E-state index in [9.17, 15) is 9.67 Å². The molecule has 3 aromatic rings. The second kappa shape index (κ2) is 7.30. The fourth-order valence-corrected chi connectivity index (χ4v) is 3.98. The zero-order chi connectivity index (χ0) is 17.9. The number of hydrogen-bond acceptors (Lipinski definition) is 4. The highest BCUT2D eigenvalue weighted by Gasteiger charge is 2.24.